The summed E-state index contributed by atoms with van der Waals surface area (Å²) in [6.45, 7) is 5.11. The van der Waals surface area contributed by atoms with Crippen molar-refractivity contribution < 1.29 is 13.9 Å². The monoisotopic (exact) mass is 425 g/mol. The van der Waals surface area contributed by atoms with Crippen LogP contribution in [0.5, 0.6) is 5.75 Å². The number of rotatable bonds is 8. The summed E-state index contributed by atoms with van der Waals surface area (Å²) in [4.78, 5) is 18.2. The van der Waals surface area contributed by atoms with E-state index in [1.165, 1.54) is 17.8 Å². The van der Waals surface area contributed by atoms with Gasteiger partial charge in [-0.2, -0.15) is 5.10 Å². The number of halogens is 1. The van der Waals surface area contributed by atoms with Crippen molar-refractivity contribution in [1.82, 2.24) is 15.2 Å². The second-order valence-electron chi connectivity index (χ2n) is 7.78. The van der Waals surface area contributed by atoms with E-state index in [-0.39, 0.29) is 5.82 Å². The van der Waals surface area contributed by atoms with E-state index in [1.54, 1.807) is 13.2 Å². The van der Waals surface area contributed by atoms with Crippen molar-refractivity contribution in [2.75, 3.05) is 44.7 Å². The summed E-state index contributed by atoms with van der Waals surface area (Å²) in [5, 5.41) is 4.37. The van der Waals surface area contributed by atoms with Crippen LogP contribution in [0.3, 0.4) is 0 Å². The molecule has 1 unspecified atom stereocenters. The van der Waals surface area contributed by atoms with Crippen LogP contribution in [0.1, 0.15) is 12.0 Å². The van der Waals surface area contributed by atoms with Gasteiger partial charge in [-0.25, -0.2) is 4.39 Å². The van der Waals surface area contributed by atoms with Crippen molar-refractivity contribution in [3.05, 3.63) is 59.9 Å². The molecule has 4 rings (SSSR count). The van der Waals surface area contributed by atoms with Crippen LogP contribution in [0.15, 0.2) is 53.6 Å². The predicted molar refractivity (Wildman–Crippen MR) is 119 cm³/mol. The van der Waals surface area contributed by atoms with Crippen molar-refractivity contribution in [2.45, 2.75) is 19.1 Å². The molecule has 0 aromatic heterocycles. The van der Waals surface area contributed by atoms with Crippen molar-refractivity contribution in [2.24, 2.45) is 5.10 Å². The molecule has 0 spiro atoms. The third kappa shape index (κ3) is 5.14. The molecule has 0 radical (unpaired) electrons. The maximum Gasteiger partial charge on any atom is 0.173 e. The quantitative estimate of drug-likeness (QED) is 0.655. The number of aldehydes is 1. The molecule has 0 amide bonds. The zero-order valence-corrected chi connectivity index (χ0v) is 17.7. The Bertz CT molecular complexity index is 930. The van der Waals surface area contributed by atoms with Gasteiger partial charge in [-0.1, -0.05) is 18.2 Å². The molecule has 7 nitrogen and oxygen atoms in total. The first-order valence-corrected chi connectivity index (χ1v) is 10.6. The lowest BCUT2D eigenvalue weighted by molar-refractivity contribution is -0.111. The van der Waals surface area contributed by atoms with Gasteiger partial charge < -0.3 is 14.5 Å². The number of ether oxygens (including phenoxy) is 1. The molecule has 164 valence electrons. The molecule has 31 heavy (non-hydrogen) atoms. The first-order valence-electron chi connectivity index (χ1n) is 10.6. The first kappa shape index (κ1) is 21.1. The zero-order chi connectivity index (χ0) is 21.6. The van der Waals surface area contributed by atoms with Crippen molar-refractivity contribution in [1.29, 1.82) is 0 Å². The molecule has 2 aromatic carbocycles. The van der Waals surface area contributed by atoms with Gasteiger partial charge in [-0.3, -0.25) is 15.1 Å². The van der Waals surface area contributed by atoms with E-state index < -0.39 is 6.17 Å². The van der Waals surface area contributed by atoms with Crippen LogP contribution in [-0.4, -0.2) is 67.9 Å². The Morgan fingerprint density at radius 3 is 2.71 bits per heavy atom. The SMILES string of the molecule is COc1cccc(N2CCN(CCC3=NNC(C=O)N3Cc3cccc(F)c3)CC2)c1. The highest BCUT2D eigenvalue weighted by atomic mass is 19.1. The van der Waals surface area contributed by atoms with E-state index >= 15 is 0 Å². The fourth-order valence-electron chi connectivity index (χ4n) is 4.06. The molecular formula is C23H28FN5O2. The number of nitrogens with zero attached hydrogens (tertiary/aromatic N) is 4. The molecule has 8 heteroatoms. The minimum Gasteiger partial charge on any atom is -0.497 e. The van der Waals surface area contributed by atoms with E-state index in [2.05, 4.69) is 32.5 Å². The number of benzene rings is 2. The van der Waals surface area contributed by atoms with E-state index in [1.807, 2.05) is 23.1 Å². The highest BCUT2D eigenvalue weighted by Gasteiger charge is 2.28. The number of methoxy groups -OCH3 is 1. The molecule has 0 bridgehead atoms. The van der Waals surface area contributed by atoms with Gasteiger partial charge in [0.1, 0.15) is 17.4 Å². The Morgan fingerprint density at radius 2 is 1.97 bits per heavy atom. The highest BCUT2D eigenvalue weighted by molar-refractivity contribution is 5.86. The number of nitrogens with one attached hydrogen (secondary N) is 1. The molecule has 2 aromatic rings. The topological polar surface area (TPSA) is 60.4 Å². The number of carbonyl (C=O) groups excluding carboxylic acids is 1. The molecule has 2 aliphatic heterocycles. The van der Waals surface area contributed by atoms with Crippen LogP contribution in [-0.2, 0) is 11.3 Å². The number of hydrogen-bond acceptors (Lipinski definition) is 7. The number of hydrogen-bond donors (Lipinski definition) is 1. The summed E-state index contributed by atoms with van der Waals surface area (Å²) < 4.78 is 18.9. The van der Waals surface area contributed by atoms with Gasteiger partial charge in [0.05, 0.1) is 7.11 Å². The Kier molecular flexibility index (Phi) is 6.66. The lowest BCUT2D eigenvalue weighted by atomic mass is 10.2. The van der Waals surface area contributed by atoms with Gasteiger partial charge in [0, 0.05) is 57.4 Å². The minimum atomic E-state index is -0.511. The van der Waals surface area contributed by atoms with Gasteiger partial charge in [-0.15, -0.1) is 0 Å². The summed E-state index contributed by atoms with van der Waals surface area (Å²) in [5.41, 5.74) is 4.88. The molecule has 2 aliphatic rings. The Balaban J connectivity index is 1.30. The van der Waals surface area contributed by atoms with Crippen LogP contribution in [0.4, 0.5) is 10.1 Å². The summed E-state index contributed by atoms with van der Waals surface area (Å²) in [7, 11) is 1.68. The lowest BCUT2D eigenvalue weighted by Gasteiger charge is -2.36. The average molecular weight is 426 g/mol. The summed E-state index contributed by atoms with van der Waals surface area (Å²) >= 11 is 0. The molecule has 0 saturated carbocycles. The summed E-state index contributed by atoms with van der Waals surface area (Å²) in [6, 6.07) is 14.6. The number of piperazine rings is 1. The molecule has 1 atom stereocenters. The largest absolute Gasteiger partial charge is 0.497 e. The number of hydrazone groups is 1. The maximum absolute atomic E-state index is 13.6. The van der Waals surface area contributed by atoms with Crippen molar-refractivity contribution >= 4 is 17.8 Å². The third-order valence-electron chi connectivity index (χ3n) is 5.81. The van der Waals surface area contributed by atoms with Crippen molar-refractivity contribution in [3.8, 4) is 5.75 Å². The Labute approximate surface area is 182 Å². The van der Waals surface area contributed by atoms with E-state index in [0.717, 1.165) is 62.6 Å². The standard InChI is InChI=1S/C23H28FN5O2/c1-31-21-7-3-6-20(15-21)28-12-10-27(11-13-28)9-8-22-25-26-23(17-30)29(22)16-18-4-2-5-19(24)14-18/h2-7,14-15,17,23,26H,8-13,16H2,1H3. The normalized spacial score (nSPS) is 19.2. The van der Waals surface area contributed by atoms with Gasteiger partial charge in [-0.05, 0) is 29.8 Å². The molecule has 1 fully saturated rings. The molecule has 0 aliphatic carbocycles. The van der Waals surface area contributed by atoms with E-state index in [9.17, 15) is 9.18 Å². The van der Waals surface area contributed by atoms with Gasteiger partial charge in [0.25, 0.3) is 0 Å². The average Bonchev–Trinajstić information content (AvgIpc) is 3.19. The van der Waals surface area contributed by atoms with Gasteiger partial charge in [0.15, 0.2) is 12.5 Å². The van der Waals surface area contributed by atoms with E-state index in [4.69, 9.17) is 4.74 Å². The third-order valence-corrected chi connectivity index (χ3v) is 5.81. The van der Waals surface area contributed by atoms with Crippen LogP contribution in [0.25, 0.3) is 0 Å². The highest BCUT2D eigenvalue weighted by Crippen LogP contribution is 2.22. The smallest absolute Gasteiger partial charge is 0.173 e. The Hall–Kier alpha value is -3.13. The minimum absolute atomic E-state index is 0.278. The number of carbonyl (C=O) groups is 1. The first-order chi connectivity index (χ1) is 15.2. The second kappa shape index (κ2) is 9.78. The number of anilines is 1. The van der Waals surface area contributed by atoms with Crippen LogP contribution >= 0.6 is 0 Å². The predicted octanol–water partition coefficient (Wildman–Crippen LogP) is 2.29. The fraction of sp³-hybridized carbons (Fsp3) is 0.391. The van der Waals surface area contributed by atoms with Gasteiger partial charge in [0.2, 0.25) is 0 Å². The number of amidine groups is 1. The molecule has 1 N–H and O–H groups in total. The summed E-state index contributed by atoms with van der Waals surface area (Å²) in [6.07, 6.45) is 1.05. The van der Waals surface area contributed by atoms with Gasteiger partial charge >= 0.3 is 0 Å². The van der Waals surface area contributed by atoms with E-state index in [0.29, 0.717) is 6.54 Å². The second-order valence-corrected chi connectivity index (χ2v) is 7.78. The zero-order valence-electron chi connectivity index (χ0n) is 17.7. The molecule has 1 saturated heterocycles. The molecule has 2 heterocycles. The maximum atomic E-state index is 13.6. The van der Waals surface area contributed by atoms with Crippen LogP contribution in [0, 0.1) is 5.82 Å². The Morgan fingerprint density at radius 1 is 1.16 bits per heavy atom. The fourth-order valence-corrected chi connectivity index (χ4v) is 4.06. The summed E-state index contributed by atoms with van der Waals surface area (Å²) in [5.74, 6) is 1.42. The van der Waals surface area contributed by atoms with Crippen molar-refractivity contribution in [3.63, 3.8) is 0 Å². The van der Waals surface area contributed by atoms with Crippen LogP contribution in [0.2, 0.25) is 0 Å². The lowest BCUT2D eigenvalue weighted by Crippen LogP contribution is -2.47. The molecular weight excluding hydrogens is 397 g/mol. The van der Waals surface area contributed by atoms with Crippen LogP contribution < -0.4 is 15.1 Å².